The fraction of sp³-hybridized carbons (Fsp3) is 0.0690. The zero-order valence-electron chi connectivity index (χ0n) is 17.0. The van der Waals surface area contributed by atoms with E-state index in [1.807, 2.05) is 18.2 Å². The Morgan fingerprint density at radius 1 is 0.742 bits per heavy atom. The maximum Gasteiger partial charge on any atom is 0.308 e. The summed E-state index contributed by atoms with van der Waals surface area (Å²) in [7, 11) is 0. The molecule has 0 radical (unpaired) electrons. The normalized spacial score (nSPS) is 16.8. The van der Waals surface area contributed by atoms with E-state index in [1.165, 1.54) is 40.3 Å². The first-order chi connectivity index (χ1) is 15.1. The number of terminal acetylenes is 1. The van der Waals surface area contributed by atoms with E-state index in [4.69, 9.17) is 11.2 Å². The van der Waals surface area contributed by atoms with Gasteiger partial charge in [0, 0.05) is 12.5 Å². The molecule has 2 aliphatic carbocycles. The van der Waals surface area contributed by atoms with E-state index in [1.54, 1.807) is 0 Å². The number of benzene rings is 4. The lowest BCUT2D eigenvalue weighted by molar-refractivity contribution is -0.131. The van der Waals surface area contributed by atoms with Gasteiger partial charge < -0.3 is 4.74 Å². The standard InChI is InChI=1S/C29H18O2/c1-3-19-12-14-23-21-8-4-6-10-25(21)29(27(23)16-19)26-11-7-5-9-22(26)24-15-13-20(17-28(24)29)31-18(2)30/h1,4-17H,2H3. The van der Waals surface area contributed by atoms with Gasteiger partial charge in [0.05, 0.1) is 5.41 Å². The maximum absolute atomic E-state index is 11.7. The number of hydrogen-bond acceptors (Lipinski definition) is 2. The Balaban J connectivity index is 1.79. The Bertz CT molecular complexity index is 1440. The van der Waals surface area contributed by atoms with Crippen molar-refractivity contribution < 1.29 is 9.53 Å². The predicted octanol–water partition coefficient (Wildman–Crippen LogP) is 5.94. The van der Waals surface area contributed by atoms with Crippen LogP contribution in [0.5, 0.6) is 5.75 Å². The number of esters is 1. The molecule has 0 N–H and O–H groups in total. The summed E-state index contributed by atoms with van der Waals surface area (Å²) in [4.78, 5) is 11.7. The van der Waals surface area contributed by atoms with Crippen LogP contribution < -0.4 is 4.74 Å². The van der Waals surface area contributed by atoms with Crippen molar-refractivity contribution in [3.05, 3.63) is 113 Å². The van der Waals surface area contributed by atoms with Crippen molar-refractivity contribution in [2.75, 3.05) is 0 Å². The molecule has 2 heteroatoms. The third-order valence-electron chi connectivity index (χ3n) is 6.49. The summed E-state index contributed by atoms with van der Waals surface area (Å²) in [5, 5.41) is 0. The van der Waals surface area contributed by atoms with Crippen molar-refractivity contribution in [2.24, 2.45) is 0 Å². The van der Waals surface area contributed by atoms with Crippen LogP contribution in [0, 0.1) is 12.3 Å². The molecule has 1 spiro atoms. The molecule has 0 aliphatic heterocycles. The molecular weight excluding hydrogens is 380 g/mol. The van der Waals surface area contributed by atoms with Gasteiger partial charge in [-0.3, -0.25) is 4.79 Å². The van der Waals surface area contributed by atoms with Crippen molar-refractivity contribution in [3.63, 3.8) is 0 Å². The Kier molecular flexibility index (Phi) is 3.55. The van der Waals surface area contributed by atoms with Gasteiger partial charge in [0.2, 0.25) is 0 Å². The smallest absolute Gasteiger partial charge is 0.308 e. The van der Waals surface area contributed by atoms with E-state index in [0.29, 0.717) is 5.75 Å². The van der Waals surface area contributed by atoms with E-state index in [-0.39, 0.29) is 5.97 Å². The Morgan fingerprint density at radius 2 is 1.29 bits per heavy atom. The third kappa shape index (κ3) is 2.21. The summed E-state index contributed by atoms with van der Waals surface area (Å²) >= 11 is 0. The number of carbonyl (C=O) groups excluding carboxylic acids is 1. The average Bonchev–Trinajstić information content (AvgIpc) is 3.25. The van der Waals surface area contributed by atoms with Gasteiger partial charge in [-0.25, -0.2) is 0 Å². The number of hydrogen-bond donors (Lipinski definition) is 0. The topological polar surface area (TPSA) is 26.3 Å². The van der Waals surface area contributed by atoms with Crippen LogP contribution in [0.1, 0.15) is 34.7 Å². The zero-order valence-corrected chi connectivity index (χ0v) is 17.0. The Hall–Kier alpha value is -4.09. The summed E-state index contributed by atoms with van der Waals surface area (Å²) in [5.41, 5.74) is 9.85. The molecule has 4 aromatic rings. The molecule has 0 bridgehead atoms. The Labute approximate surface area is 181 Å². The second-order valence-corrected chi connectivity index (χ2v) is 8.05. The van der Waals surface area contributed by atoms with Crippen LogP contribution in [-0.4, -0.2) is 5.97 Å². The molecule has 0 aromatic heterocycles. The zero-order chi connectivity index (χ0) is 21.2. The van der Waals surface area contributed by atoms with Gasteiger partial charge >= 0.3 is 5.97 Å². The molecule has 0 amide bonds. The second-order valence-electron chi connectivity index (χ2n) is 8.05. The summed E-state index contributed by atoms with van der Waals surface area (Å²) in [5.74, 6) is 3.03. The lowest BCUT2D eigenvalue weighted by atomic mass is 9.70. The minimum Gasteiger partial charge on any atom is -0.427 e. The van der Waals surface area contributed by atoms with E-state index in [0.717, 1.165) is 16.7 Å². The summed E-state index contributed by atoms with van der Waals surface area (Å²) in [6.45, 7) is 1.43. The fourth-order valence-corrected chi connectivity index (χ4v) is 5.44. The third-order valence-corrected chi connectivity index (χ3v) is 6.49. The predicted molar refractivity (Wildman–Crippen MR) is 122 cm³/mol. The van der Waals surface area contributed by atoms with Crippen molar-refractivity contribution >= 4 is 5.97 Å². The van der Waals surface area contributed by atoms with Crippen molar-refractivity contribution in [1.82, 2.24) is 0 Å². The molecule has 6 rings (SSSR count). The minimum absolute atomic E-state index is 0.327. The fourth-order valence-electron chi connectivity index (χ4n) is 5.44. The van der Waals surface area contributed by atoms with Gasteiger partial charge in [0.1, 0.15) is 5.75 Å². The van der Waals surface area contributed by atoms with Crippen LogP contribution in [-0.2, 0) is 10.2 Å². The molecule has 0 fully saturated rings. The van der Waals surface area contributed by atoms with E-state index < -0.39 is 5.41 Å². The molecule has 1 unspecified atom stereocenters. The van der Waals surface area contributed by atoms with Crippen LogP contribution in [0.15, 0.2) is 84.9 Å². The molecule has 1 atom stereocenters. The highest BCUT2D eigenvalue weighted by atomic mass is 16.5. The quantitative estimate of drug-likeness (QED) is 0.195. The molecule has 31 heavy (non-hydrogen) atoms. The molecule has 2 nitrogen and oxygen atoms in total. The lowest BCUT2D eigenvalue weighted by Gasteiger charge is -2.30. The van der Waals surface area contributed by atoms with E-state index in [2.05, 4.69) is 72.7 Å². The maximum atomic E-state index is 11.7. The first kappa shape index (κ1) is 17.7. The number of rotatable bonds is 1. The van der Waals surface area contributed by atoms with Gasteiger partial charge in [-0.05, 0) is 68.8 Å². The molecule has 0 saturated carbocycles. The van der Waals surface area contributed by atoms with Gasteiger partial charge in [-0.2, -0.15) is 0 Å². The minimum atomic E-state index is -0.499. The monoisotopic (exact) mass is 398 g/mol. The van der Waals surface area contributed by atoms with Crippen LogP contribution in [0.3, 0.4) is 0 Å². The second kappa shape index (κ2) is 6.20. The van der Waals surface area contributed by atoms with E-state index in [9.17, 15) is 4.79 Å². The molecule has 0 heterocycles. The number of ether oxygens (including phenoxy) is 1. The van der Waals surface area contributed by atoms with Gasteiger partial charge in [-0.1, -0.05) is 66.6 Å². The highest BCUT2D eigenvalue weighted by Crippen LogP contribution is 2.63. The van der Waals surface area contributed by atoms with Crippen LogP contribution >= 0.6 is 0 Å². The highest BCUT2D eigenvalue weighted by molar-refractivity contribution is 5.95. The van der Waals surface area contributed by atoms with Crippen molar-refractivity contribution in [3.8, 4) is 40.3 Å². The molecule has 2 aliphatic rings. The molecule has 146 valence electrons. The molecule has 0 saturated heterocycles. The first-order valence-electron chi connectivity index (χ1n) is 10.3. The highest BCUT2D eigenvalue weighted by Gasteiger charge is 2.51. The van der Waals surface area contributed by atoms with Crippen LogP contribution in [0.25, 0.3) is 22.3 Å². The number of carbonyl (C=O) groups is 1. The van der Waals surface area contributed by atoms with Crippen LogP contribution in [0.2, 0.25) is 0 Å². The Morgan fingerprint density at radius 3 is 1.90 bits per heavy atom. The first-order valence-corrected chi connectivity index (χ1v) is 10.3. The van der Waals surface area contributed by atoms with Gasteiger partial charge in [-0.15, -0.1) is 6.42 Å². The van der Waals surface area contributed by atoms with Crippen molar-refractivity contribution in [2.45, 2.75) is 12.3 Å². The largest absolute Gasteiger partial charge is 0.427 e. The van der Waals surface area contributed by atoms with Gasteiger partial charge in [0.25, 0.3) is 0 Å². The molecule has 4 aromatic carbocycles. The van der Waals surface area contributed by atoms with Gasteiger partial charge in [0.15, 0.2) is 0 Å². The number of fused-ring (bicyclic) bond motifs is 10. The van der Waals surface area contributed by atoms with Crippen LogP contribution in [0.4, 0.5) is 0 Å². The molecular formula is C29H18O2. The SMILES string of the molecule is C#Cc1ccc2c(c1)C1(c3ccccc3-2)c2ccccc2-c2ccc(OC(C)=O)cc21. The summed E-state index contributed by atoms with van der Waals surface area (Å²) in [6.07, 6.45) is 5.80. The van der Waals surface area contributed by atoms with Crippen molar-refractivity contribution in [1.29, 1.82) is 0 Å². The lowest BCUT2D eigenvalue weighted by Crippen LogP contribution is -2.26. The van der Waals surface area contributed by atoms with E-state index >= 15 is 0 Å². The summed E-state index contributed by atoms with van der Waals surface area (Å²) in [6, 6.07) is 29.3. The summed E-state index contributed by atoms with van der Waals surface area (Å²) < 4.78 is 5.49. The average molecular weight is 398 g/mol.